The minimum Gasteiger partial charge on any atom is -0.306 e. The molecule has 0 unspecified atom stereocenters. The summed E-state index contributed by atoms with van der Waals surface area (Å²) >= 11 is 0. The van der Waals surface area contributed by atoms with Crippen molar-refractivity contribution in [2.45, 2.75) is 13.3 Å². The van der Waals surface area contributed by atoms with Crippen LogP contribution in [0.25, 0.3) is 0 Å². The largest absolute Gasteiger partial charge is 0.306 e. The van der Waals surface area contributed by atoms with Gasteiger partial charge in [0.25, 0.3) is 5.91 Å². The molecular formula is C17H16N4O. The van der Waals surface area contributed by atoms with Crippen LogP contribution in [0.3, 0.4) is 0 Å². The van der Waals surface area contributed by atoms with Crippen molar-refractivity contribution in [1.82, 2.24) is 4.98 Å². The van der Waals surface area contributed by atoms with E-state index in [1.165, 1.54) is 0 Å². The Balaban J connectivity index is 1.92. The lowest BCUT2D eigenvalue weighted by Gasteiger charge is -2.14. The van der Waals surface area contributed by atoms with Crippen molar-refractivity contribution >= 4 is 23.5 Å². The molecule has 0 saturated heterocycles. The molecule has 5 heteroatoms. The van der Waals surface area contributed by atoms with Crippen molar-refractivity contribution in [2.75, 3.05) is 11.4 Å². The van der Waals surface area contributed by atoms with Crippen molar-refractivity contribution < 1.29 is 4.79 Å². The molecule has 0 bridgehead atoms. The quantitative estimate of drug-likeness (QED) is 0.642. The van der Waals surface area contributed by atoms with Gasteiger partial charge in [-0.15, -0.1) is 5.10 Å². The molecule has 1 aromatic heterocycles. The maximum Gasteiger partial charge on any atom is 0.279 e. The van der Waals surface area contributed by atoms with E-state index >= 15 is 0 Å². The third-order valence-electron chi connectivity index (χ3n) is 3.38. The number of fused-ring (bicyclic) bond motifs is 1. The van der Waals surface area contributed by atoms with Crippen LogP contribution in [0.15, 0.2) is 58.9 Å². The van der Waals surface area contributed by atoms with Crippen molar-refractivity contribution in [3.63, 3.8) is 0 Å². The fourth-order valence-electron chi connectivity index (χ4n) is 2.40. The maximum absolute atomic E-state index is 12.5. The Morgan fingerprint density at radius 1 is 1.18 bits per heavy atom. The number of para-hydroxylation sites is 1. The molecule has 0 spiro atoms. The van der Waals surface area contributed by atoms with E-state index in [1.54, 1.807) is 17.3 Å². The van der Waals surface area contributed by atoms with E-state index in [-0.39, 0.29) is 5.91 Å². The Morgan fingerprint density at radius 2 is 2.00 bits per heavy atom. The van der Waals surface area contributed by atoms with Crippen molar-refractivity contribution in [3.05, 3.63) is 59.9 Å². The van der Waals surface area contributed by atoms with Crippen LogP contribution in [-0.4, -0.2) is 29.4 Å². The third kappa shape index (κ3) is 2.65. The maximum atomic E-state index is 12.5. The molecule has 0 fully saturated rings. The molecule has 2 heterocycles. The lowest BCUT2D eigenvalue weighted by Crippen LogP contribution is -2.30. The predicted octanol–water partition coefficient (Wildman–Crippen LogP) is 2.66. The van der Waals surface area contributed by atoms with E-state index < -0.39 is 0 Å². The number of carbonyl (C=O) groups excluding carboxylic acids is 1. The highest BCUT2D eigenvalue weighted by Gasteiger charge is 2.33. The van der Waals surface area contributed by atoms with Crippen LogP contribution in [0, 0.1) is 0 Å². The highest BCUT2D eigenvalue weighted by Crippen LogP contribution is 2.29. The summed E-state index contributed by atoms with van der Waals surface area (Å²) in [7, 11) is 0. The molecule has 0 atom stereocenters. The lowest BCUT2D eigenvalue weighted by molar-refractivity contribution is -0.112. The predicted molar refractivity (Wildman–Crippen MR) is 87.5 cm³/mol. The number of anilines is 1. The molecule has 1 aromatic carbocycles. The summed E-state index contributed by atoms with van der Waals surface area (Å²) in [6, 6.07) is 13.2. The average Bonchev–Trinajstić information content (AvgIpc) is 2.82. The first-order valence-electron chi connectivity index (χ1n) is 7.24. The first-order chi connectivity index (χ1) is 10.8. The average molecular weight is 292 g/mol. The van der Waals surface area contributed by atoms with Crippen LogP contribution in [-0.2, 0) is 4.79 Å². The van der Waals surface area contributed by atoms with Crippen LogP contribution >= 0.6 is 0 Å². The molecule has 0 N–H and O–H groups in total. The number of aromatic nitrogens is 1. The summed E-state index contributed by atoms with van der Waals surface area (Å²) in [5.74, 6) is -0.0961. The molecule has 0 saturated carbocycles. The molecule has 0 radical (unpaired) electrons. The minimum atomic E-state index is -0.0961. The van der Waals surface area contributed by atoms with Crippen molar-refractivity contribution in [2.24, 2.45) is 10.2 Å². The summed E-state index contributed by atoms with van der Waals surface area (Å²) in [4.78, 5) is 18.4. The zero-order chi connectivity index (χ0) is 15.4. The lowest BCUT2D eigenvalue weighted by atomic mass is 10.1. The standard InChI is InChI=1S/C17H16N4O/c1-2-11-21-15-9-4-3-8-14(15)16(17(21)22)20-19-12-13-7-5-6-10-18-13/h3-10,12H,2,11H2,1H3/b19-12-,20-16+. The van der Waals surface area contributed by atoms with Gasteiger partial charge in [-0.25, -0.2) is 0 Å². The van der Waals surface area contributed by atoms with Gasteiger partial charge in [-0.05, 0) is 24.6 Å². The second kappa shape index (κ2) is 6.30. The van der Waals surface area contributed by atoms with Crippen LogP contribution in [0.5, 0.6) is 0 Å². The number of nitrogens with zero attached hydrogens (tertiary/aromatic N) is 4. The molecule has 1 aliphatic rings. The molecule has 0 aliphatic carbocycles. The van der Waals surface area contributed by atoms with Crippen LogP contribution < -0.4 is 4.90 Å². The zero-order valence-corrected chi connectivity index (χ0v) is 12.3. The monoisotopic (exact) mass is 292 g/mol. The van der Waals surface area contributed by atoms with Crippen LogP contribution in [0.4, 0.5) is 5.69 Å². The molecule has 3 rings (SSSR count). The fraction of sp³-hybridized carbons (Fsp3) is 0.176. The Hall–Kier alpha value is -2.82. The van der Waals surface area contributed by atoms with E-state index in [2.05, 4.69) is 15.2 Å². The van der Waals surface area contributed by atoms with Gasteiger partial charge in [-0.2, -0.15) is 5.10 Å². The molecule has 5 nitrogen and oxygen atoms in total. The second-order valence-corrected chi connectivity index (χ2v) is 4.92. The first kappa shape index (κ1) is 14.1. The van der Waals surface area contributed by atoms with Gasteiger partial charge >= 0.3 is 0 Å². The summed E-state index contributed by atoms with van der Waals surface area (Å²) < 4.78 is 0. The molecule has 2 aromatic rings. The summed E-state index contributed by atoms with van der Waals surface area (Å²) in [5.41, 5.74) is 2.83. The zero-order valence-electron chi connectivity index (χ0n) is 12.3. The summed E-state index contributed by atoms with van der Waals surface area (Å²) in [5, 5.41) is 8.15. The third-order valence-corrected chi connectivity index (χ3v) is 3.38. The highest BCUT2D eigenvalue weighted by molar-refractivity contribution is 6.54. The van der Waals surface area contributed by atoms with Gasteiger partial charge < -0.3 is 4.90 Å². The Bertz CT molecular complexity index is 737. The number of hydrogen-bond acceptors (Lipinski definition) is 4. The van der Waals surface area contributed by atoms with Gasteiger partial charge in [0.15, 0.2) is 5.71 Å². The topological polar surface area (TPSA) is 57.9 Å². The second-order valence-electron chi connectivity index (χ2n) is 4.92. The van der Waals surface area contributed by atoms with Gasteiger partial charge in [0.2, 0.25) is 0 Å². The highest BCUT2D eigenvalue weighted by atomic mass is 16.2. The summed E-state index contributed by atoms with van der Waals surface area (Å²) in [6.45, 7) is 2.73. The summed E-state index contributed by atoms with van der Waals surface area (Å²) in [6.07, 6.45) is 4.13. The van der Waals surface area contributed by atoms with Gasteiger partial charge in [-0.1, -0.05) is 31.2 Å². The molecular weight excluding hydrogens is 276 g/mol. The molecule has 1 amide bonds. The normalized spacial score (nSPS) is 15.8. The fourth-order valence-corrected chi connectivity index (χ4v) is 2.40. The Kier molecular flexibility index (Phi) is 4.05. The van der Waals surface area contributed by atoms with Crippen molar-refractivity contribution in [3.8, 4) is 0 Å². The van der Waals surface area contributed by atoms with Crippen LogP contribution in [0.2, 0.25) is 0 Å². The smallest absolute Gasteiger partial charge is 0.279 e. The van der Waals surface area contributed by atoms with Gasteiger partial charge in [0.1, 0.15) is 0 Å². The van der Waals surface area contributed by atoms with Crippen LogP contribution in [0.1, 0.15) is 24.6 Å². The number of pyridine rings is 1. The molecule has 110 valence electrons. The van der Waals surface area contributed by atoms with E-state index in [0.717, 1.165) is 17.7 Å². The van der Waals surface area contributed by atoms with E-state index in [1.807, 2.05) is 49.4 Å². The minimum absolute atomic E-state index is 0.0961. The number of benzene rings is 1. The number of rotatable bonds is 4. The van der Waals surface area contributed by atoms with E-state index in [4.69, 9.17) is 0 Å². The van der Waals surface area contributed by atoms with E-state index in [9.17, 15) is 4.79 Å². The molecule has 1 aliphatic heterocycles. The number of carbonyl (C=O) groups is 1. The van der Waals surface area contributed by atoms with E-state index in [0.29, 0.717) is 18.0 Å². The number of amides is 1. The SMILES string of the molecule is CCCN1C(=O)/C(=N/N=C\c2ccccn2)c2ccccc21. The van der Waals surface area contributed by atoms with Gasteiger partial charge in [0, 0.05) is 18.3 Å². The Morgan fingerprint density at radius 3 is 2.77 bits per heavy atom. The van der Waals surface area contributed by atoms with Crippen molar-refractivity contribution in [1.29, 1.82) is 0 Å². The number of hydrogen-bond donors (Lipinski definition) is 0. The van der Waals surface area contributed by atoms with Gasteiger partial charge in [-0.3, -0.25) is 9.78 Å². The first-order valence-corrected chi connectivity index (χ1v) is 7.24. The molecule has 22 heavy (non-hydrogen) atoms. The Labute approximate surface area is 129 Å². The van der Waals surface area contributed by atoms with Gasteiger partial charge in [0.05, 0.1) is 17.6 Å².